The summed E-state index contributed by atoms with van der Waals surface area (Å²) >= 11 is 0. The van der Waals surface area contributed by atoms with Gasteiger partial charge in [0.1, 0.15) is 12.6 Å². The van der Waals surface area contributed by atoms with Crippen LogP contribution < -0.4 is 5.32 Å². The van der Waals surface area contributed by atoms with Crippen molar-refractivity contribution >= 4 is 12.6 Å². The van der Waals surface area contributed by atoms with Crippen molar-refractivity contribution in [3.63, 3.8) is 0 Å². The first-order valence-electron chi connectivity index (χ1n) is 5.40. The molecule has 1 unspecified atom stereocenters. The van der Waals surface area contributed by atoms with Crippen molar-refractivity contribution in [1.82, 2.24) is 5.32 Å². The first kappa shape index (κ1) is 13.3. The van der Waals surface area contributed by atoms with Crippen LogP contribution in [-0.2, 0) is 9.59 Å². The van der Waals surface area contributed by atoms with Gasteiger partial charge in [0, 0.05) is 6.04 Å². The molecule has 0 aromatic carbocycles. The van der Waals surface area contributed by atoms with Crippen molar-refractivity contribution in [2.45, 2.75) is 45.6 Å². The number of carbonyl (C=O) groups excluding carboxylic acids is 2. The lowest BCUT2D eigenvalue weighted by Crippen LogP contribution is -2.35. The number of unbranched alkanes of at least 4 members (excludes halogenated alkanes) is 3. The number of aldehydes is 2. The molecule has 0 fully saturated rings. The number of hydrogen-bond donors (Lipinski definition) is 1. The average molecular weight is 199 g/mol. The van der Waals surface area contributed by atoms with Crippen molar-refractivity contribution in [3.8, 4) is 0 Å². The van der Waals surface area contributed by atoms with Crippen molar-refractivity contribution in [2.75, 3.05) is 6.54 Å². The zero-order valence-electron chi connectivity index (χ0n) is 9.16. The Morgan fingerprint density at radius 1 is 1.14 bits per heavy atom. The van der Waals surface area contributed by atoms with Gasteiger partial charge in [-0.05, 0) is 19.9 Å². The Hall–Kier alpha value is -0.700. The molecule has 0 aromatic heterocycles. The van der Waals surface area contributed by atoms with Gasteiger partial charge in [0.2, 0.25) is 0 Å². The van der Waals surface area contributed by atoms with E-state index < -0.39 is 5.92 Å². The fourth-order valence-corrected chi connectivity index (χ4v) is 1.29. The van der Waals surface area contributed by atoms with Crippen molar-refractivity contribution < 1.29 is 9.59 Å². The van der Waals surface area contributed by atoms with E-state index in [9.17, 15) is 9.59 Å². The molecule has 1 N–H and O–H groups in total. The lowest BCUT2D eigenvalue weighted by Gasteiger charge is -2.15. The minimum atomic E-state index is -0.499. The van der Waals surface area contributed by atoms with Crippen LogP contribution in [0.1, 0.15) is 39.5 Å². The Labute approximate surface area is 86.3 Å². The highest BCUT2D eigenvalue weighted by molar-refractivity contribution is 5.78. The minimum absolute atomic E-state index is 0.0355. The molecule has 0 aliphatic carbocycles. The summed E-state index contributed by atoms with van der Waals surface area (Å²) < 4.78 is 0. The van der Waals surface area contributed by atoms with E-state index in [4.69, 9.17) is 0 Å². The van der Waals surface area contributed by atoms with Gasteiger partial charge in [0.05, 0.1) is 5.92 Å². The molecule has 0 aliphatic heterocycles. The van der Waals surface area contributed by atoms with Crippen LogP contribution in [0, 0.1) is 5.92 Å². The van der Waals surface area contributed by atoms with E-state index >= 15 is 0 Å². The summed E-state index contributed by atoms with van der Waals surface area (Å²) in [6, 6.07) is -0.0355. The topological polar surface area (TPSA) is 46.2 Å². The number of nitrogens with one attached hydrogen (secondary N) is 1. The molecule has 3 nitrogen and oxygen atoms in total. The van der Waals surface area contributed by atoms with E-state index in [0.29, 0.717) is 12.6 Å². The Bertz CT molecular complexity index is 151. The second-order valence-corrected chi connectivity index (χ2v) is 3.65. The molecule has 3 heteroatoms. The van der Waals surface area contributed by atoms with Gasteiger partial charge in [-0.2, -0.15) is 0 Å². The molecule has 0 aromatic rings. The van der Waals surface area contributed by atoms with Crippen LogP contribution in [0.3, 0.4) is 0 Å². The molecule has 0 bridgehead atoms. The van der Waals surface area contributed by atoms with Crippen LogP contribution >= 0.6 is 0 Å². The summed E-state index contributed by atoms with van der Waals surface area (Å²) in [7, 11) is 0. The molecule has 0 heterocycles. The summed E-state index contributed by atoms with van der Waals surface area (Å²) in [6.07, 6.45) is 6.21. The Kier molecular flexibility index (Phi) is 8.43. The molecule has 0 spiro atoms. The first-order valence-corrected chi connectivity index (χ1v) is 5.40. The van der Waals surface area contributed by atoms with Crippen LogP contribution in [0.15, 0.2) is 0 Å². The van der Waals surface area contributed by atoms with Gasteiger partial charge in [-0.3, -0.25) is 0 Å². The molecule has 0 radical (unpaired) electrons. The zero-order valence-corrected chi connectivity index (χ0v) is 9.16. The van der Waals surface area contributed by atoms with Gasteiger partial charge in [-0.1, -0.05) is 26.2 Å². The van der Waals surface area contributed by atoms with Gasteiger partial charge in [-0.15, -0.1) is 0 Å². The number of carbonyl (C=O) groups is 2. The van der Waals surface area contributed by atoms with E-state index in [1.165, 1.54) is 19.3 Å². The van der Waals surface area contributed by atoms with Gasteiger partial charge >= 0.3 is 0 Å². The monoisotopic (exact) mass is 199 g/mol. The highest BCUT2D eigenvalue weighted by Crippen LogP contribution is 2.00. The van der Waals surface area contributed by atoms with Crippen LogP contribution in [0.2, 0.25) is 0 Å². The Balaban J connectivity index is 3.47. The quantitative estimate of drug-likeness (QED) is 0.348. The van der Waals surface area contributed by atoms with Crippen LogP contribution in [0.25, 0.3) is 0 Å². The van der Waals surface area contributed by atoms with Crippen LogP contribution in [0.5, 0.6) is 0 Å². The molecule has 0 aliphatic rings. The molecule has 82 valence electrons. The lowest BCUT2D eigenvalue weighted by atomic mass is 10.1. The van der Waals surface area contributed by atoms with E-state index in [0.717, 1.165) is 13.0 Å². The summed E-state index contributed by atoms with van der Waals surface area (Å²) in [5.74, 6) is -0.499. The van der Waals surface area contributed by atoms with Gasteiger partial charge in [-0.25, -0.2) is 0 Å². The van der Waals surface area contributed by atoms with E-state index in [2.05, 4.69) is 12.2 Å². The van der Waals surface area contributed by atoms with E-state index in [1.807, 2.05) is 6.92 Å². The summed E-state index contributed by atoms with van der Waals surface area (Å²) in [6.45, 7) is 4.93. The van der Waals surface area contributed by atoms with Crippen molar-refractivity contribution in [2.24, 2.45) is 5.92 Å². The van der Waals surface area contributed by atoms with Gasteiger partial charge < -0.3 is 14.9 Å². The van der Waals surface area contributed by atoms with Crippen LogP contribution in [0.4, 0.5) is 0 Å². The highest BCUT2D eigenvalue weighted by Gasteiger charge is 2.13. The third-order valence-corrected chi connectivity index (χ3v) is 2.39. The van der Waals surface area contributed by atoms with Crippen LogP contribution in [-0.4, -0.2) is 25.2 Å². The van der Waals surface area contributed by atoms with E-state index in [-0.39, 0.29) is 6.04 Å². The number of rotatable bonds is 9. The molecule has 0 amide bonds. The fraction of sp³-hybridized carbons (Fsp3) is 0.818. The lowest BCUT2D eigenvalue weighted by molar-refractivity contribution is -0.120. The molecule has 0 rings (SSSR count). The van der Waals surface area contributed by atoms with Gasteiger partial charge in [0.25, 0.3) is 0 Å². The highest BCUT2D eigenvalue weighted by atomic mass is 16.1. The largest absolute Gasteiger partial charge is 0.313 e. The third-order valence-electron chi connectivity index (χ3n) is 2.39. The predicted octanol–water partition coefficient (Wildman–Crippen LogP) is 1.56. The molecule has 0 saturated carbocycles. The fourth-order valence-electron chi connectivity index (χ4n) is 1.29. The Morgan fingerprint density at radius 3 is 2.29 bits per heavy atom. The number of hydrogen-bond acceptors (Lipinski definition) is 3. The summed E-state index contributed by atoms with van der Waals surface area (Å²) in [5, 5.41) is 3.18. The molecule has 14 heavy (non-hydrogen) atoms. The minimum Gasteiger partial charge on any atom is -0.313 e. The van der Waals surface area contributed by atoms with Crippen molar-refractivity contribution in [1.29, 1.82) is 0 Å². The first-order chi connectivity index (χ1) is 6.76. The third kappa shape index (κ3) is 5.86. The van der Waals surface area contributed by atoms with E-state index in [1.54, 1.807) is 0 Å². The zero-order chi connectivity index (χ0) is 10.8. The smallest absolute Gasteiger partial charge is 0.131 e. The maximum atomic E-state index is 10.4. The molecular weight excluding hydrogens is 178 g/mol. The molecule has 1 atom stereocenters. The SMILES string of the molecule is CCCCCCNC(C)C(C=O)C=O. The summed E-state index contributed by atoms with van der Waals surface area (Å²) in [5.41, 5.74) is 0. The van der Waals surface area contributed by atoms with Crippen molar-refractivity contribution in [3.05, 3.63) is 0 Å². The summed E-state index contributed by atoms with van der Waals surface area (Å²) in [4.78, 5) is 20.9. The van der Waals surface area contributed by atoms with Gasteiger partial charge in [0.15, 0.2) is 0 Å². The molecule has 0 saturated heterocycles. The second kappa shape index (κ2) is 8.88. The predicted molar refractivity (Wildman–Crippen MR) is 57.2 cm³/mol. The normalized spacial score (nSPS) is 12.8. The Morgan fingerprint density at radius 2 is 1.79 bits per heavy atom. The average Bonchev–Trinajstić information content (AvgIpc) is 2.19. The molecular formula is C11H21NO2. The maximum Gasteiger partial charge on any atom is 0.131 e. The standard InChI is InChI=1S/C11H21NO2/c1-3-4-5-6-7-12-10(2)11(8-13)9-14/h8-12H,3-7H2,1-2H3. The maximum absolute atomic E-state index is 10.4. The second-order valence-electron chi connectivity index (χ2n) is 3.65.